The molecule has 1 aliphatic carbocycles. The van der Waals surface area contributed by atoms with Gasteiger partial charge in [-0.2, -0.15) is 0 Å². The Kier molecular flexibility index (Phi) is 5.06. The lowest BCUT2D eigenvalue weighted by molar-refractivity contribution is 0.0934. The molecule has 0 bridgehead atoms. The van der Waals surface area contributed by atoms with Gasteiger partial charge in [-0.05, 0) is 31.0 Å². The second kappa shape index (κ2) is 6.58. The first kappa shape index (κ1) is 14.6. The molecule has 1 N–H and O–H groups in total. The summed E-state index contributed by atoms with van der Waals surface area (Å²) in [7, 11) is 0. The van der Waals surface area contributed by atoms with Gasteiger partial charge in [0.1, 0.15) is 5.82 Å². The molecule has 0 spiro atoms. The van der Waals surface area contributed by atoms with E-state index in [1.165, 1.54) is 18.2 Å². The molecular formula is C14H16Cl2FNO. The van der Waals surface area contributed by atoms with Gasteiger partial charge in [-0.1, -0.05) is 30.9 Å². The van der Waals surface area contributed by atoms with Gasteiger partial charge in [0, 0.05) is 11.6 Å². The summed E-state index contributed by atoms with van der Waals surface area (Å²) in [5, 5.41) is 2.83. The molecule has 1 aliphatic rings. The quantitative estimate of drug-likeness (QED) is 0.645. The van der Waals surface area contributed by atoms with Crippen LogP contribution >= 0.6 is 23.2 Å². The SMILES string of the molecule is O=C(NC1CCCCCC1Cl)c1ccc(F)c(Cl)c1. The minimum absolute atomic E-state index is 0.0273. The van der Waals surface area contributed by atoms with Crippen LogP contribution in [-0.4, -0.2) is 17.3 Å². The summed E-state index contributed by atoms with van der Waals surface area (Å²) in [6, 6.07) is 3.94. The Labute approximate surface area is 122 Å². The molecule has 1 aromatic rings. The minimum atomic E-state index is -0.525. The van der Waals surface area contributed by atoms with Crippen molar-refractivity contribution in [2.75, 3.05) is 0 Å². The maximum absolute atomic E-state index is 13.1. The molecular weight excluding hydrogens is 288 g/mol. The van der Waals surface area contributed by atoms with E-state index in [4.69, 9.17) is 23.2 Å². The Hall–Kier alpha value is -0.800. The van der Waals surface area contributed by atoms with E-state index in [1.807, 2.05) is 0 Å². The Morgan fingerprint density at radius 1 is 1.26 bits per heavy atom. The summed E-state index contributed by atoms with van der Waals surface area (Å²) >= 11 is 11.9. The fourth-order valence-electron chi connectivity index (χ4n) is 2.31. The Morgan fingerprint density at radius 3 is 2.74 bits per heavy atom. The van der Waals surface area contributed by atoms with E-state index in [9.17, 15) is 9.18 Å². The van der Waals surface area contributed by atoms with Gasteiger partial charge >= 0.3 is 0 Å². The van der Waals surface area contributed by atoms with Crippen molar-refractivity contribution < 1.29 is 9.18 Å². The third-order valence-corrected chi connectivity index (χ3v) is 4.24. The predicted octanol–water partition coefficient (Wildman–Crippen LogP) is 4.15. The number of alkyl halides is 1. The Balaban J connectivity index is 2.05. The zero-order valence-corrected chi connectivity index (χ0v) is 12.0. The van der Waals surface area contributed by atoms with Crippen molar-refractivity contribution in [3.63, 3.8) is 0 Å². The van der Waals surface area contributed by atoms with Crippen LogP contribution in [0.25, 0.3) is 0 Å². The monoisotopic (exact) mass is 303 g/mol. The van der Waals surface area contributed by atoms with Crippen LogP contribution in [-0.2, 0) is 0 Å². The number of carbonyl (C=O) groups is 1. The van der Waals surface area contributed by atoms with Crippen LogP contribution in [0.5, 0.6) is 0 Å². The van der Waals surface area contributed by atoms with Crippen LogP contribution in [0.2, 0.25) is 5.02 Å². The molecule has 2 nitrogen and oxygen atoms in total. The number of rotatable bonds is 2. The second-order valence-corrected chi connectivity index (χ2v) is 5.83. The Morgan fingerprint density at radius 2 is 2.00 bits per heavy atom. The molecule has 1 amide bonds. The summed E-state index contributed by atoms with van der Waals surface area (Å²) in [4.78, 5) is 12.1. The maximum atomic E-state index is 13.1. The number of halogens is 3. The lowest BCUT2D eigenvalue weighted by Crippen LogP contribution is -2.40. The number of amides is 1. The molecule has 0 saturated heterocycles. The topological polar surface area (TPSA) is 29.1 Å². The van der Waals surface area contributed by atoms with E-state index < -0.39 is 5.82 Å². The molecule has 1 fully saturated rings. The Bertz CT molecular complexity index is 467. The molecule has 2 atom stereocenters. The minimum Gasteiger partial charge on any atom is -0.348 e. The fourth-order valence-corrected chi connectivity index (χ4v) is 2.84. The second-order valence-electron chi connectivity index (χ2n) is 4.86. The van der Waals surface area contributed by atoms with Gasteiger partial charge in [-0.15, -0.1) is 11.6 Å². The molecule has 19 heavy (non-hydrogen) atoms. The third kappa shape index (κ3) is 3.83. The summed E-state index contributed by atoms with van der Waals surface area (Å²) in [5.41, 5.74) is 0.361. The molecule has 104 valence electrons. The molecule has 0 aliphatic heterocycles. The van der Waals surface area contributed by atoms with Gasteiger partial charge in [0.15, 0.2) is 0 Å². The summed E-state index contributed by atoms with van der Waals surface area (Å²) in [6.07, 6.45) is 5.12. The number of benzene rings is 1. The zero-order chi connectivity index (χ0) is 13.8. The molecule has 5 heteroatoms. The smallest absolute Gasteiger partial charge is 0.251 e. The average molecular weight is 304 g/mol. The van der Waals surface area contributed by atoms with E-state index in [0.717, 1.165) is 32.1 Å². The van der Waals surface area contributed by atoms with Gasteiger partial charge in [0.2, 0.25) is 0 Å². The summed E-state index contributed by atoms with van der Waals surface area (Å²) < 4.78 is 13.1. The van der Waals surface area contributed by atoms with Crippen LogP contribution < -0.4 is 5.32 Å². The maximum Gasteiger partial charge on any atom is 0.251 e. The van der Waals surface area contributed by atoms with Crippen LogP contribution in [0.15, 0.2) is 18.2 Å². The first-order valence-corrected chi connectivity index (χ1v) is 7.29. The normalized spacial score (nSPS) is 23.7. The van der Waals surface area contributed by atoms with Crippen molar-refractivity contribution in [2.24, 2.45) is 0 Å². The van der Waals surface area contributed by atoms with Gasteiger partial charge in [0.25, 0.3) is 5.91 Å². The molecule has 1 aromatic carbocycles. The highest BCUT2D eigenvalue weighted by atomic mass is 35.5. The van der Waals surface area contributed by atoms with Crippen LogP contribution in [0.4, 0.5) is 4.39 Å². The van der Waals surface area contributed by atoms with E-state index in [2.05, 4.69) is 5.32 Å². The standard InChI is InChI=1S/C14H16Cl2FNO/c15-10-4-2-1-3-5-13(10)18-14(19)9-6-7-12(17)11(16)8-9/h6-8,10,13H,1-5H2,(H,18,19). The molecule has 0 aromatic heterocycles. The lowest BCUT2D eigenvalue weighted by atomic mass is 10.1. The van der Waals surface area contributed by atoms with Crippen molar-refractivity contribution in [2.45, 2.75) is 43.5 Å². The van der Waals surface area contributed by atoms with Crippen molar-refractivity contribution in [3.05, 3.63) is 34.6 Å². The highest BCUT2D eigenvalue weighted by Crippen LogP contribution is 2.23. The van der Waals surface area contributed by atoms with Crippen LogP contribution in [0, 0.1) is 5.82 Å². The highest BCUT2D eigenvalue weighted by Gasteiger charge is 2.23. The van der Waals surface area contributed by atoms with Crippen molar-refractivity contribution in [3.8, 4) is 0 Å². The van der Waals surface area contributed by atoms with Gasteiger partial charge < -0.3 is 5.32 Å². The molecule has 2 rings (SSSR count). The van der Waals surface area contributed by atoms with E-state index >= 15 is 0 Å². The fraction of sp³-hybridized carbons (Fsp3) is 0.500. The largest absolute Gasteiger partial charge is 0.348 e. The van der Waals surface area contributed by atoms with Gasteiger partial charge in [-0.25, -0.2) is 4.39 Å². The lowest BCUT2D eigenvalue weighted by Gasteiger charge is -2.21. The molecule has 0 radical (unpaired) electrons. The van der Waals surface area contributed by atoms with Crippen LogP contribution in [0.1, 0.15) is 42.5 Å². The number of hydrogen-bond acceptors (Lipinski definition) is 1. The highest BCUT2D eigenvalue weighted by molar-refractivity contribution is 6.31. The first-order chi connectivity index (χ1) is 9.08. The van der Waals surface area contributed by atoms with Crippen LogP contribution in [0.3, 0.4) is 0 Å². The van der Waals surface area contributed by atoms with Crippen molar-refractivity contribution in [1.29, 1.82) is 0 Å². The molecule has 0 heterocycles. The number of carbonyl (C=O) groups excluding carboxylic acids is 1. The number of hydrogen-bond donors (Lipinski definition) is 1. The van der Waals surface area contributed by atoms with Gasteiger partial charge in [-0.3, -0.25) is 4.79 Å². The van der Waals surface area contributed by atoms with Gasteiger partial charge in [0.05, 0.1) is 10.4 Å². The zero-order valence-electron chi connectivity index (χ0n) is 10.5. The van der Waals surface area contributed by atoms with E-state index in [-0.39, 0.29) is 22.3 Å². The van der Waals surface area contributed by atoms with E-state index in [0.29, 0.717) is 5.56 Å². The third-order valence-electron chi connectivity index (χ3n) is 3.43. The first-order valence-electron chi connectivity index (χ1n) is 6.48. The van der Waals surface area contributed by atoms with Crippen molar-refractivity contribution >= 4 is 29.1 Å². The van der Waals surface area contributed by atoms with E-state index in [1.54, 1.807) is 0 Å². The molecule has 2 unspecified atom stereocenters. The molecule has 1 saturated carbocycles. The average Bonchev–Trinajstić information content (AvgIpc) is 2.58. The number of nitrogens with one attached hydrogen (secondary N) is 1. The summed E-state index contributed by atoms with van der Waals surface area (Å²) in [5.74, 6) is -0.776. The van der Waals surface area contributed by atoms with Crippen molar-refractivity contribution in [1.82, 2.24) is 5.32 Å². The summed E-state index contributed by atoms with van der Waals surface area (Å²) in [6.45, 7) is 0. The predicted molar refractivity (Wildman–Crippen MR) is 75.4 cm³/mol.